The standard InChI is InChI=1S/C10H24N2O/c1-10(13-3)9-12(2)8-6-4-5-7-11/h10H,4-9,11H2,1-3H3. The summed E-state index contributed by atoms with van der Waals surface area (Å²) in [5, 5.41) is 0. The molecule has 0 aromatic carbocycles. The molecule has 0 aliphatic heterocycles. The smallest absolute Gasteiger partial charge is 0.0669 e. The maximum absolute atomic E-state index is 5.41. The van der Waals surface area contributed by atoms with E-state index >= 15 is 0 Å². The number of unbranched alkanes of at least 4 members (excludes halogenated alkanes) is 2. The zero-order valence-electron chi connectivity index (χ0n) is 9.25. The van der Waals surface area contributed by atoms with E-state index in [1.807, 2.05) is 0 Å². The molecule has 0 aliphatic carbocycles. The highest BCUT2D eigenvalue weighted by molar-refractivity contribution is 4.57. The van der Waals surface area contributed by atoms with Crippen molar-refractivity contribution in [2.75, 3.05) is 33.8 Å². The van der Waals surface area contributed by atoms with Gasteiger partial charge < -0.3 is 15.4 Å². The molecule has 0 spiro atoms. The SMILES string of the molecule is COC(C)CN(C)CCCCCN. The van der Waals surface area contributed by atoms with Crippen molar-refractivity contribution < 1.29 is 4.74 Å². The van der Waals surface area contributed by atoms with Gasteiger partial charge >= 0.3 is 0 Å². The first-order valence-electron chi connectivity index (χ1n) is 5.12. The average molecular weight is 188 g/mol. The van der Waals surface area contributed by atoms with E-state index in [-0.39, 0.29) is 0 Å². The topological polar surface area (TPSA) is 38.5 Å². The lowest BCUT2D eigenvalue weighted by molar-refractivity contribution is 0.0852. The lowest BCUT2D eigenvalue weighted by Gasteiger charge is -2.20. The second-order valence-corrected chi connectivity index (χ2v) is 3.66. The predicted octanol–water partition coefficient (Wildman–Crippen LogP) is 1.08. The van der Waals surface area contributed by atoms with Gasteiger partial charge in [0.1, 0.15) is 0 Å². The summed E-state index contributed by atoms with van der Waals surface area (Å²) in [6.45, 7) is 5.07. The fourth-order valence-corrected chi connectivity index (χ4v) is 1.31. The molecule has 0 radical (unpaired) electrons. The Bertz CT molecular complexity index is 109. The third kappa shape index (κ3) is 8.22. The quantitative estimate of drug-likeness (QED) is 0.579. The zero-order valence-corrected chi connectivity index (χ0v) is 9.25. The van der Waals surface area contributed by atoms with Gasteiger partial charge in [0.2, 0.25) is 0 Å². The number of likely N-dealkylation sites (N-methyl/N-ethyl adjacent to an activating group) is 1. The summed E-state index contributed by atoms with van der Waals surface area (Å²) >= 11 is 0. The molecular weight excluding hydrogens is 164 g/mol. The number of nitrogens with two attached hydrogens (primary N) is 1. The van der Waals surface area contributed by atoms with Gasteiger partial charge in [0.05, 0.1) is 6.10 Å². The average Bonchev–Trinajstić information content (AvgIpc) is 2.12. The van der Waals surface area contributed by atoms with E-state index < -0.39 is 0 Å². The fourth-order valence-electron chi connectivity index (χ4n) is 1.31. The van der Waals surface area contributed by atoms with Crippen molar-refractivity contribution in [2.24, 2.45) is 5.73 Å². The van der Waals surface area contributed by atoms with Crippen molar-refractivity contribution in [3.05, 3.63) is 0 Å². The number of methoxy groups -OCH3 is 1. The number of ether oxygens (including phenoxy) is 1. The van der Waals surface area contributed by atoms with E-state index in [0.717, 1.165) is 26.1 Å². The van der Waals surface area contributed by atoms with Gasteiger partial charge in [-0.2, -0.15) is 0 Å². The van der Waals surface area contributed by atoms with Gasteiger partial charge in [0, 0.05) is 13.7 Å². The van der Waals surface area contributed by atoms with E-state index in [4.69, 9.17) is 10.5 Å². The minimum Gasteiger partial charge on any atom is -0.380 e. The second-order valence-electron chi connectivity index (χ2n) is 3.66. The van der Waals surface area contributed by atoms with Crippen LogP contribution >= 0.6 is 0 Å². The monoisotopic (exact) mass is 188 g/mol. The molecule has 0 saturated heterocycles. The van der Waals surface area contributed by atoms with Crippen LogP contribution in [-0.4, -0.2) is 44.8 Å². The summed E-state index contributed by atoms with van der Waals surface area (Å²) in [4.78, 5) is 2.31. The molecule has 80 valence electrons. The Labute approximate surface area is 82.2 Å². The molecule has 0 aromatic heterocycles. The van der Waals surface area contributed by atoms with Gasteiger partial charge in [0.15, 0.2) is 0 Å². The van der Waals surface area contributed by atoms with Crippen molar-refractivity contribution in [3.8, 4) is 0 Å². The van der Waals surface area contributed by atoms with Gasteiger partial charge in [0.25, 0.3) is 0 Å². The lowest BCUT2D eigenvalue weighted by Crippen LogP contribution is -2.29. The Morgan fingerprint density at radius 3 is 2.54 bits per heavy atom. The molecular formula is C10H24N2O. The van der Waals surface area contributed by atoms with Gasteiger partial charge in [-0.1, -0.05) is 6.42 Å². The Morgan fingerprint density at radius 1 is 1.31 bits per heavy atom. The zero-order chi connectivity index (χ0) is 10.1. The van der Waals surface area contributed by atoms with Crippen molar-refractivity contribution in [1.29, 1.82) is 0 Å². The summed E-state index contributed by atoms with van der Waals surface area (Å²) in [5.41, 5.74) is 5.41. The van der Waals surface area contributed by atoms with Crippen LogP contribution in [0.25, 0.3) is 0 Å². The first-order valence-corrected chi connectivity index (χ1v) is 5.12. The van der Waals surface area contributed by atoms with Crippen LogP contribution < -0.4 is 5.73 Å². The Hall–Kier alpha value is -0.120. The van der Waals surface area contributed by atoms with Crippen LogP contribution in [0.1, 0.15) is 26.2 Å². The van der Waals surface area contributed by atoms with Crippen molar-refractivity contribution >= 4 is 0 Å². The number of nitrogens with zero attached hydrogens (tertiary/aromatic N) is 1. The van der Waals surface area contributed by atoms with Crippen LogP contribution in [0, 0.1) is 0 Å². The van der Waals surface area contributed by atoms with Crippen LogP contribution in [0.3, 0.4) is 0 Å². The normalized spacial score (nSPS) is 13.6. The molecule has 0 aromatic rings. The molecule has 13 heavy (non-hydrogen) atoms. The molecule has 2 N–H and O–H groups in total. The van der Waals surface area contributed by atoms with Crippen molar-refractivity contribution in [3.63, 3.8) is 0 Å². The van der Waals surface area contributed by atoms with E-state index in [2.05, 4.69) is 18.9 Å². The third-order valence-electron chi connectivity index (χ3n) is 2.22. The van der Waals surface area contributed by atoms with E-state index in [1.165, 1.54) is 12.8 Å². The molecule has 3 heteroatoms. The minimum absolute atomic E-state index is 0.333. The van der Waals surface area contributed by atoms with E-state index in [9.17, 15) is 0 Å². The maximum atomic E-state index is 5.41. The van der Waals surface area contributed by atoms with E-state index in [1.54, 1.807) is 7.11 Å². The van der Waals surface area contributed by atoms with Crippen molar-refractivity contribution in [1.82, 2.24) is 4.90 Å². The molecule has 0 aliphatic rings. The van der Waals surface area contributed by atoms with Crippen LogP contribution in [0.4, 0.5) is 0 Å². The predicted molar refractivity (Wildman–Crippen MR) is 56.9 cm³/mol. The van der Waals surface area contributed by atoms with Gasteiger partial charge in [-0.15, -0.1) is 0 Å². The number of hydrogen-bond donors (Lipinski definition) is 1. The summed E-state index contributed by atoms with van der Waals surface area (Å²) in [5.74, 6) is 0. The first-order chi connectivity index (χ1) is 6.20. The van der Waals surface area contributed by atoms with Gasteiger partial charge in [-0.25, -0.2) is 0 Å². The maximum Gasteiger partial charge on any atom is 0.0669 e. The lowest BCUT2D eigenvalue weighted by atomic mass is 10.2. The summed E-state index contributed by atoms with van der Waals surface area (Å²) in [7, 11) is 3.89. The summed E-state index contributed by atoms with van der Waals surface area (Å²) < 4.78 is 5.19. The molecule has 0 fully saturated rings. The Morgan fingerprint density at radius 2 is 2.00 bits per heavy atom. The largest absolute Gasteiger partial charge is 0.380 e. The van der Waals surface area contributed by atoms with Crippen LogP contribution in [0.15, 0.2) is 0 Å². The van der Waals surface area contributed by atoms with E-state index in [0.29, 0.717) is 6.10 Å². The van der Waals surface area contributed by atoms with Crippen molar-refractivity contribution in [2.45, 2.75) is 32.3 Å². The molecule has 0 amide bonds. The minimum atomic E-state index is 0.333. The van der Waals surface area contributed by atoms with Crippen LogP contribution in [0.2, 0.25) is 0 Å². The highest BCUT2D eigenvalue weighted by Gasteiger charge is 2.03. The Balaban J connectivity index is 3.24. The van der Waals surface area contributed by atoms with Gasteiger partial charge in [-0.3, -0.25) is 0 Å². The highest BCUT2D eigenvalue weighted by atomic mass is 16.5. The van der Waals surface area contributed by atoms with Gasteiger partial charge in [-0.05, 0) is 39.9 Å². The molecule has 0 bridgehead atoms. The third-order valence-corrected chi connectivity index (χ3v) is 2.22. The molecule has 0 saturated carbocycles. The summed E-state index contributed by atoms with van der Waals surface area (Å²) in [6.07, 6.45) is 3.96. The first kappa shape index (κ1) is 12.9. The molecule has 0 rings (SSSR count). The molecule has 1 unspecified atom stereocenters. The number of rotatable bonds is 8. The fraction of sp³-hybridized carbons (Fsp3) is 1.00. The number of hydrogen-bond acceptors (Lipinski definition) is 3. The Kier molecular flexibility index (Phi) is 8.40. The van der Waals surface area contributed by atoms with Crippen LogP contribution in [0.5, 0.6) is 0 Å². The van der Waals surface area contributed by atoms with Crippen LogP contribution in [-0.2, 0) is 4.74 Å². The molecule has 0 heterocycles. The second kappa shape index (κ2) is 8.48. The summed E-state index contributed by atoms with van der Waals surface area (Å²) in [6, 6.07) is 0. The highest BCUT2D eigenvalue weighted by Crippen LogP contribution is 1.98. The molecule has 3 nitrogen and oxygen atoms in total. The molecule has 1 atom stereocenters.